The molecule has 27 heavy (non-hydrogen) atoms. The van der Waals surface area contributed by atoms with Crippen molar-refractivity contribution in [2.45, 2.75) is 24.6 Å². The molecule has 0 radical (unpaired) electrons. The largest absolute Gasteiger partial charge is 0.370 e. The second-order valence-electron chi connectivity index (χ2n) is 6.88. The van der Waals surface area contributed by atoms with Crippen molar-refractivity contribution >= 4 is 21.8 Å². The van der Waals surface area contributed by atoms with Gasteiger partial charge in [0.25, 0.3) is 0 Å². The zero-order valence-electron chi connectivity index (χ0n) is 14.7. The number of hydrogen-bond acceptors (Lipinski definition) is 4. The summed E-state index contributed by atoms with van der Waals surface area (Å²) in [5, 5.41) is 0. The van der Waals surface area contributed by atoms with Crippen LogP contribution in [0.5, 0.6) is 0 Å². The van der Waals surface area contributed by atoms with Crippen molar-refractivity contribution in [2.75, 3.05) is 19.7 Å². The first-order valence-electron chi connectivity index (χ1n) is 9.02. The van der Waals surface area contributed by atoms with Gasteiger partial charge in [-0.2, -0.15) is 0 Å². The Morgan fingerprint density at radius 1 is 1.07 bits per heavy atom. The Kier molecular flexibility index (Phi) is 5.54. The van der Waals surface area contributed by atoms with Crippen LogP contribution in [0.15, 0.2) is 53.0 Å². The zero-order valence-corrected chi connectivity index (χ0v) is 16.3. The van der Waals surface area contributed by atoms with Gasteiger partial charge in [-0.1, -0.05) is 40.2 Å². The predicted molar refractivity (Wildman–Crippen MR) is 103 cm³/mol. The van der Waals surface area contributed by atoms with Gasteiger partial charge in [0.2, 0.25) is 5.91 Å². The van der Waals surface area contributed by atoms with E-state index in [4.69, 9.17) is 4.74 Å². The molecule has 2 fully saturated rings. The molecule has 0 saturated carbocycles. The van der Waals surface area contributed by atoms with Crippen LogP contribution in [-0.4, -0.2) is 36.5 Å². The number of hydrogen-bond donors (Lipinski definition) is 2. The molecule has 2 aromatic rings. The van der Waals surface area contributed by atoms with Gasteiger partial charge in [-0.3, -0.25) is 4.79 Å². The molecule has 142 valence electrons. The number of carbonyl (C=O) groups excluding carboxylic acids is 1. The van der Waals surface area contributed by atoms with Crippen molar-refractivity contribution < 1.29 is 13.9 Å². The van der Waals surface area contributed by atoms with Crippen molar-refractivity contribution in [3.05, 3.63) is 69.9 Å². The first-order valence-corrected chi connectivity index (χ1v) is 9.82. The number of morpholine rings is 1. The lowest BCUT2D eigenvalue weighted by Gasteiger charge is -2.34. The van der Waals surface area contributed by atoms with Crippen molar-refractivity contribution in [3.63, 3.8) is 0 Å². The molecule has 2 aliphatic rings. The summed E-state index contributed by atoms with van der Waals surface area (Å²) >= 11 is 3.44. The van der Waals surface area contributed by atoms with Crippen LogP contribution in [0, 0.1) is 5.82 Å². The van der Waals surface area contributed by atoms with E-state index in [-0.39, 0.29) is 29.9 Å². The van der Waals surface area contributed by atoms with Crippen molar-refractivity contribution in [1.29, 1.82) is 0 Å². The summed E-state index contributed by atoms with van der Waals surface area (Å²) in [6, 6.07) is 14.2. The first-order chi connectivity index (χ1) is 13.1. The Bertz CT molecular complexity index is 800. The number of rotatable bonds is 3. The maximum absolute atomic E-state index is 13.1. The standard InChI is InChI=1S/C20H21BrFN3O2/c21-15-5-1-13(2-6-15)17-11-18(24-23-17)20(26)25-9-10-27-19(12-25)14-3-7-16(22)8-4-14/h1-8,17-19,23-24H,9-12H2. The van der Waals surface area contributed by atoms with Gasteiger partial charge >= 0.3 is 0 Å². The minimum Gasteiger partial charge on any atom is -0.370 e. The second kappa shape index (κ2) is 8.06. The minimum absolute atomic E-state index is 0.0672. The molecule has 2 aliphatic heterocycles. The summed E-state index contributed by atoms with van der Waals surface area (Å²) in [5.41, 5.74) is 8.40. The molecule has 0 spiro atoms. The topological polar surface area (TPSA) is 53.6 Å². The van der Waals surface area contributed by atoms with E-state index in [9.17, 15) is 9.18 Å². The summed E-state index contributed by atoms with van der Waals surface area (Å²) in [5.74, 6) is -0.208. The molecule has 1 amide bonds. The van der Waals surface area contributed by atoms with E-state index in [0.717, 1.165) is 15.6 Å². The summed E-state index contributed by atoms with van der Waals surface area (Å²) in [6.45, 7) is 1.52. The zero-order chi connectivity index (χ0) is 18.8. The van der Waals surface area contributed by atoms with Gasteiger partial charge in [0.05, 0.1) is 13.2 Å². The molecule has 0 aromatic heterocycles. The summed E-state index contributed by atoms with van der Waals surface area (Å²) in [6.07, 6.45) is 0.471. The number of ether oxygens (including phenoxy) is 1. The van der Waals surface area contributed by atoms with Gasteiger partial charge in [-0.25, -0.2) is 15.2 Å². The molecule has 2 aromatic carbocycles. The van der Waals surface area contributed by atoms with Crippen LogP contribution in [0.25, 0.3) is 0 Å². The average Bonchev–Trinajstić information content (AvgIpc) is 3.19. The van der Waals surface area contributed by atoms with Crippen LogP contribution in [-0.2, 0) is 9.53 Å². The van der Waals surface area contributed by atoms with Crippen LogP contribution in [0.3, 0.4) is 0 Å². The lowest BCUT2D eigenvalue weighted by Crippen LogP contribution is -2.50. The lowest BCUT2D eigenvalue weighted by atomic mass is 10.0. The highest BCUT2D eigenvalue weighted by molar-refractivity contribution is 9.10. The number of halogens is 2. The quantitative estimate of drug-likeness (QED) is 0.780. The third-order valence-corrected chi connectivity index (χ3v) is 5.62. The fourth-order valence-electron chi connectivity index (χ4n) is 3.58. The van der Waals surface area contributed by atoms with Crippen molar-refractivity contribution in [2.24, 2.45) is 0 Å². The number of benzene rings is 2. The van der Waals surface area contributed by atoms with Gasteiger partial charge in [0.1, 0.15) is 18.0 Å². The van der Waals surface area contributed by atoms with Crippen LogP contribution < -0.4 is 10.9 Å². The molecule has 5 nitrogen and oxygen atoms in total. The van der Waals surface area contributed by atoms with Gasteiger partial charge in [-0.15, -0.1) is 0 Å². The Labute approximate surface area is 166 Å². The molecule has 4 rings (SSSR count). The molecule has 2 heterocycles. The van der Waals surface area contributed by atoms with Gasteiger partial charge in [0, 0.05) is 17.1 Å². The van der Waals surface area contributed by atoms with Crippen molar-refractivity contribution in [1.82, 2.24) is 15.8 Å². The molecule has 7 heteroatoms. The SMILES string of the molecule is O=C(C1CC(c2ccc(Br)cc2)NN1)N1CCOC(c2ccc(F)cc2)C1. The Morgan fingerprint density at radius 3 is 2.52 bits per heavy atom. The van der Waals surface area contributed by atoms with E-state index in [1.54, 1.807) is 12.1 Å². The molecule has 3 unspecified atom stereocenters. The lowest BCUT2D eigenvalue weighted by molar-refractivity contribution is -0.141. The highest BCUT2D eigenvalue weighted by Crippen LogP contribution is 2.27. The van der Waals surface area contributed by atoms with Gasteiger partial charge < -0.3 is 9.64 Å². The summed E-state index contributed by atoms with van der Waals surface area (Å²) in [7, 11) is 0. The van der Waals surface area contributed by atoms with Gasteiger partial charge in [-0.05, 0) is 41.8 Å². The molecule has 0 aliphatic carbocycles. The fraction of sp³-hybridized carbons (Fsp3) is 0.350. The number of amides is 1. The molecular weight excluding hydrogens is 413 g/mol. The molecule has 2 saturated heterocycles. The third-order valence-electron chi connectivity index (χ3n) is 5.09. The second-order valence-corrected chi connectivity index (χ2v) is 7.79. The number of carbonyl (C=O) groups is 1. The normalized spacial score (nSPS) is 25.6. The molecule has 3 atom stereocenters. The van der Waals surface area contributed by atoms with E-state index in [0.29, 0.717) is 26.1 Å². The molecular formula is C20H21BrFN3O2. The number of nitrogens with one attached hydrogen (secondary N) is 2. The number of nitrogens with zero attached hydrogens (tertiary/aromatic N) is 1. The average molecular weight is 434 g/mol. The maximum atomic E-state index is 13.1. The summed E-state index contributed by atoms with van der Waals surface area (Å²) < 4.78 is 20.0. The van der Waals surface area contributed by atoms with E-state index in [2.05, 4.69) is 38.9 Å². The van der Waals surface area contributed by atoms with Crippen LogP contribution >= 0.6 is 15.9 Å². The molecule has 0 bridgehead atoms. The molecule has 2 N–H and O–H groups in total. The fourth-order valence-corrected chi connectivity index (χ4v) is 3.85. The number of hydrazine groups is 1. The monoisotopic (exact) mass is 433 g/mol. The van der Waals surface area contributed by atoms with Crippen molar-refractivity contribution in [3.8, 4) is 0 Å². The Hall–Kier alpha value is -1.80. The Morgan fingerprint density at radius 2 is 1.78 bits per heavy atom. The smallest absolute Gasteiger partial charge is 0.241 e. The summed E-state index contributed by atoms with van der Waals surface area (Å²) in [4.78, 5) is 14.8. The van der Waals surface area contributed by atoms with Gasteiger partial charge in [0.15, 0.2) is 0 Å². The van der Waals surface area contributed by atoms with E-state index in [1.807, 2.05) is 17.0 Å². The van der Waals surface area contributed by atoms with E-state index >= 15 is 0 Å². The first kappa shape index (κ1) is 18.6. The Balaban J connectivity index is 1.39. The van der Waals surface area contributed by atoms with Crippen LogP contribution in [0.4, 0.5) is 4.39 Å². The highest BCUT2D eigenvalue weighted by Gasteiger charge is 2.35. The minimum atomic E-state index is -0.275. The van der Waals surface area contributed by atoms with Crippen LogP contribution in [0.1, 0.15) is 29.7 Å². The highest BCUT2D eigenvalue weighted by atomic mass is 79.9. The van der Waals surface area contributed by atoms with Crippen LogP contribution in [0.2, 0.25) is 0 Å². The van der Waals surface area contributed by atoms with E-state index in [1.165, 1.54) is 12.1 Å². The predicted octanol–water partition coefficient (Wildman–Crippen LogP) is 3.10. The maximum Gasteiger partial charge on any atom is 0.241 e. The van der Waals surface area contributed by atoms with E-state index < -0.39 is 0 Å². The third kappa shape index (κ3) is 4.21.